The van der Waals surface area contributed by atoms with Crippen molar-refractivity contribution in [3.05, 3.63) is 36.5 Å². The van der Waals surface area contributed by atoms with Crippen LogP contribution in [0.5, 0.6) is 0 Å². The Labute approximate surface area is 425 Å². The van der Waals surface area contributed by atoms with E-state index in [4.69, 9.17) is 14.2 Å². The molecule has 0 aromatic heterocycles. The molecular weight excluding hydrogens is 837 g/mol. The normalized spacial score (nSPS) is 12.3. The fourth-order valence-electron chi connectivity index (χ4n) is 9.12. The van der Waals surface area contributed by atoms with Crippen LogP contribution in [0.15, 0.2) is 36.5 Å². The summed E-state index contributed by atoms with van der Waals surface area (Å²) in [5, 5.41) is 0. The maximum Gasteiger partial charge on any atom is 0.306 e. The number of hydrogen-bond donors (Lipinski definition) is 0. The fourth-order valence-corrected chi connectivity index (χ4v) is 9.12. The van der Waals surface area contributed by atoms with Crippen molar-refractivity contribution in [2.24, 2.45) is 0 Å². The van der Waals surface area contributed by atoms with Crippen LogP contribution in [0.3, 0.4) is 0 Å². The monoisotopic (exact) mass is 955 g/mol. The minimum absolute atomic E-state index is 0.0662. The zero-order valence-corrected chi connectivity index (χ0v) is 46.1. The molecule has 0 fully saturated rings. The molecule has 0 saturated carbocycles. The zero-order chi connectivity index (χ0) is 49.2. The van der Waals surface area contributed by atoms with Crippen molar-refractivity contribution >= 4 is 11.9 Å². The molecule has 400 valence electrons. The molecule has 5 nitrogen and oxygen atoms in total. The van der Waals surface area contributed by atoms with Gasteiger partial charge in [0, 0.05) is 19.4 Å². The Morgan fingerprint density at radius 1 is 0.324 bits per heavy atom. The second-order valence-corrected chi connectivity index (χ2v) is 20.6. The summed E-state index contributed by atoms with van der Waals surface area (Å²) >= 11 is 0. The van der Waals surface area contributed by atoms with Crippen molar-refractivity contribution < 1.29 is 23.8 Å². The molecule has 0 radical (unpaired) electrons. The predicted octanol–water partition coefficient (Wildman–Crippen LogP) is 20.9. The van der Waals surface area contributed by atoms with Crippen LogP contribution < -0.4 is 0 Å². The predicted molar refractivity (Wildman–Crippen MR) is 298 cm³/mol. The molecule has 0 heterocycles. The van der Waals surface area contributed by atoms with Gasteiger partial charge in [-0.25, -0.2) is 0 Å². The van der Waals surface area contributed by atoms with Gasteiger partial charge in [-0.05, 0) is 51.4 Å². The number of ether oxygens (including phenoxy) is 3. The number of allylic oxidation sites excluding steroid dienone is 6. The van der Waals surface area contributed by atoms with Crippen molar-refractivity contribution in [3.8, 4) is 0 Å². The summed E-state index contributed by atoms with van der Waals surface area (Å²) in [5.74, 6) is -0.434. The summed E-state index contributed by atoms with van der Waals surface area (Å²) in [4.78, 5) is 25.5. The number of carbonyl (C=O) groups excluding carboxylic acids is 2. The lowest BCUT2D eigenvalue weighted by Crippen LogP contribution is -2.30. The van der Waals surface area contributed by atoms with Gasteiger partial charge in [0.15, 0.2) is 6.10 Å². The standard InChI is InChI=1S/C63H118O5/c1-4-7-10-13-16-19-22-25-28-31-32-34-36-39-42-45-48-51-54-57-63(65)68-61(59-66-58-55-52-49-46-43-40-37-30-27-24-21-18-15-12-9-6-3)60-67-62(64)56-53-50-47-44-41-38-35-33-29-26-23-20-17-14-11-8-5-2/h26,29,35,38,44,47,61H,4-25,27-28,30-34,36-37,39-43,45-46,48-60H2,1-3H3/b29-26-,38-35-,47-44-/t61-/m1/s1. The molecule has 0 saturated heterocycles. The molecule has 0 aliphatic rings. The molecule has 68 heavy (non-hydrogen) atoms. The van der Waals surface area contributed by atoms with E-state index in [9.17, 15) is 9.59 Å². The molecule has 1 atom stereocenters. The Morgan fingerprint density at radius 2 is 0.632 bits per heavy atom. The summed E-state index contributed by atoms with van der Waals surface area (Å²) < 4.78 is 17.5. The molecule has 0 aliphatic heterocycles. The molecule has 0 aromatic rings. The fraction of sp³-hybridized carbons (Fsp3) is 0.873. The largest absolute Gasteiger partial charge is 0.462 e. The average Bonchev–Trinajstić information content (AvgIpc) is 3.34. The van der Waals surface area contributed by atoms with Crippen LogP contribution >= 0.6 is 0 Å². The van der Waals surface area contributed by atoms with Gasteiger partial charge in [0.2, 0.25) is 0 Å². The van der Waals surface area contributed by atoms with E-state index in [0.29, 0.717) is 19.4 Å². The summed E-state index contributed by atoms with van der Waals surface area (Å²) in [5.41, 5.74) is 0. The van der Waals surface area contributed by atoms with E-state index in [0.717, 1.165) is 51.4 Å². The topological polar surface area (TPSA) is 61.8 Å². The maximum absolute atomic E-state index is 12.9. The van der Waals surface area contributed by atoms with Crippen LogP contribution in [0, 0.1) is 0 Å². The minimum Gasteiger partial charge on any atom is -0.462 e. The maximum atomic E-state index is 12.9. The van der Waals surface area contributed by atoms with Crippen molar-refractivity contribution in [2.45, 2.75) is 335 Å². The molecule has 0 bridgehead atoms. The zero-order valence-electron chi connectivity index (χ0n) is 46.1. The molecule has 5 heteroatoms. The highest BCUT2D eigenvalue weighted by Crippen LogP contribution is 2.17. The van der Waals surface area contributed by atoms with Gasteiger partial charge in [-0.3, -0.25) is 9.59 Å². The molecule has 0 N–H and O–H groups in total. The van der Waals surface area contributed by atoms with Gasteiger partial charge in [0.1, 0.15) is 6.61 Å². The highest BCUT2D eigenvalue weighted by atomic mass is 16.6. The molecule has 0 spiro atoms. The van der Waals surface area contributed by atoms with Crippen LogP contribution in [-0.2, 0) is 23.8 Å². The SMILES string of the molecule is CCCCCCCC/C=C\C/C=C\C/C=C\CCCC(=O)OC[C@@H](COCCCCCCCCCCCCCCCCCC)OC(=O)CCCCCCCCCCCCCCCCCCCCC. The van der Waals surface area contributed by atoms with Gasteiger partial charge in [0.25, 0.3) is 0 Å². The Bertz CT molecular complexity index is 1080. The Hall–Kier alpha value is -1.88. The van der Waals surface area contributed by atoms with E-state index in [2.05, 4.69) is 57.2 Å². The van der Waals surface area contributed by atoms with E-state index in [1.165, 1.54) is 244 Å². The van der Waals surface area contributed by atoms with Crippen molar-refractivity contribution in [1.82, 2.24) is 0 Å². The Kier molecular flexibility index (Phi) is 57.8. The third-order valence-corrected chi connectivity index (χ3v) is 13.7. The summed E-state index contributed by atoms with van der Waals surface area (Å²) in [6.07, 6.45) is 73.2. The lowest BCUT2D eigenvalue weighted by atomic mass is 10.0. The number of carbonyl (C=O) groups is 2. The molecule has 0 amide bonds. The second-order valence-electron chi connectivity index (χ2n) is 20.6. The van der Waals surface area contributed by atoms with Gasteiger partial charge in [0.05, 0.1) is 6.61 Å². The quantitative estimate of drug-likeness (QED) is 0.0345. The van der Waals surface area contributed by atoms with E-state index in [-0.39, 0.29) is 25.2 Å². The third kappa shape index (κ3) is 56.7. The Morgan fingerprint density at radius 3 is 1.03 bits per heavy atom. The first kappa shape index (κ1) is 66.1. The van der Waals surface area contributed by atoms with Gasteiger partial charge in [-0.2, -0.15) is 0 Å². The van der Waals surface area contributed by atoms with Crippen LogP contribution in [0.2, 0.25) is 0 Å². The van der Waals surface area contributed by atoms with Gasteiger partial charge < -0.3 is 14.2 Å². The highest BCUT2D eigenvalue weighted by Gasteiger charge is 2.17. The van der Waals surface area contributed by atoms with Crippen molar-refractivity contribution in [3.63, 3.8) is 0 Å². The molecule has 0 unspecified atom stereocenters. The summed E-state index contributed by atoms with van der Waals surface area (Å²) in [7, 11) is 0. The third-order valence-electron chi connectivity index (χ3n) is 13.7. The first-order valence-corrected chi connectivity index (χ1v) is 30.5. The Balaban J connectivity index is 4.28. The van der Waals surface area contributed by atoms with E-state index in [1.54, 1.807) is 0 Å². The average molecular weight is 956 g/mol. The van der Waals surface area contributed by atoms with Crippen LogP contribution in [-0.4, -0.2) is 37.9 Å². The molecule has 0 rings (SSSR count). The van der Waals surface area contributed by atoms with Gasteiger partial charge in [-0.15, -0.1) is 0 Å². The van der Waals surface area contributed by atoms with Crippen LogP contribution in [0.4, 0.5) is 0 Å². The highest BCUT2D eigenvalue weighted by molar-refractivity contribution is 5.70. The van der Waals surface area contributed by atoms with Gasteiger partial charge in [-0.1, -0.05) is 301 Å². The smallest absolute Gasteiger partial charge is 0.306 e. The van der Waals surface area contributed by atoms with E-state index in [1.807, 2.05) is 0 Å². The van der Waals surface area contributed by atoms with Crippen LogP contribution in [0.1, 0.15) is 329 Å². The van der Waals surface area contributed by atoms with Gasteiger partial charge >= 0.3 is 11.9 Å². The lowest BCUT2D eigenvalue weighted by molar-refractivity contribution is -0.163. The lowest BCUT2D eigenvalue weighted by Gasteiger charge is -2.18. The number of hydrogen-bond acceptors (Lipinski definition) is 5. The summed E-state index contributed by atoms with van der Waals surface area (Å²) in [6.45, 7) is 7.85. The van der Waals surface area contributed by atoms with Crippen LogP contribution in [0.25, 0.3) is 0 Å². The first-order chi connectivity index (χ1) is 33.6. The first-order valence-electron chi connectivity index (χ1n) is 30.5. The van der Waals surface area contributed by atoms with E-state index < -0.39 is 6.10 Å². The summed E-state index contributed by atoms with van der Waals surface area (Å²) in [6, 6.07) is 0. The van der Waals surface area contributed by atoms with Crippen molar-refractivity contribution in [2.75, 3.05) is 19.8 Å². The van der Waals surface area contributed by atoms with E-state index >= 15 is 0 Å². The molecular formula is C63H118O5. The number of esters is 2. The molecule has 0 aliphatic carbocycles. The number of rotatable bonds is 57. The number of unbranched alkanes of at least 4 members (excludes halogenated alkanes) is 40. The molecule has 0 aromatic carbocycles. The van der Waals surface area contributed by atoms with Crippen molar-refractivity contribution in [1.29, 1.82) is 0 Å². The minimum atomic E-state index is -0.551. The second kappa shape index (κ2) is 59.4.